The zero-order valence-corrected chi connectivity index (χ0v) is 10.6. The summed E-state index contributed by atoms with van der Waals surface area (Å²) in [6.45, 7) is 0. The van der Waals surface area contributed by atoms with Gasteiger partial charge in [0.1, 0.15) is 5.01 Å². The number of aryl methyl sites for hydroxylation is 1. The van der Waals surface area contributed by atoms with E-state index in [1.807, 2.05) is 30.6 Å². The lowest BCUT2D eigenvalue weighted by molar-refractivity contribution is 0.490. The van der Waals surface area contributed by atoms with E-state index >= 15 is 0 Å². The van der Waals surface area contributed by atoms with E-state index in [1.165, 1.54) is 29.8 Å². The second-order valence-electron chi connectivity index (χ2n) is 4.30. The maximum absolute atomic E-state index is 4.79. The predicted octanol–water partition coefficient (Wildman–Crippen LogP) is 2.80. The molecule has 0 saturated heterocycles. The van der Waals surface area contributed by atoms with Crippen molar-refractivity contribution < 1.29 is 0 Å². The van der Waals surface area contributed by atoms with Crippen LogP contribution in [0.4, 0.5) is 0 Å². The number of hydrogen-bond donors (Lipinski definition) is 1. The van der Waals surface area contributed by atoms with Crippen LogP contribution in [0, 0.1) is 0 Å². The quantitative estimate of drug-likeness (QED) is 0.884. The van der Waals surface area contributed by atoms with Gasteiger partial charge in [0.05, 0.1) is 11.7 Å². The first kappa shape index (κ1) is 10.9. The molecule has 1 atom stereocenters. The van der Waals surface area contributed by atoms with Crippen LogP contribution in [0.15, 0.2) is 24.5 Å². The van der Waals surface area contributed by atoms with E-state index in [4.69, 9.17) is 4.98 Å². The SMILES string of the molecule is CNC1CCCc2sc(-c3cccnc3)nc21. The van der Waals surface area contributed by atoms with Crippen LogP contribution in [0.2, 0.25) is 0 Å². The van der Waals surface area contributed by atoms with Crippen molar-refractivity contribution in [1.82, 2.24) is 15.3 Å². The number of thiazole rings is 1. The molecule has 3 nitrogen and oxygen atoms in total. The van der Waals surface area contributed by atoms with Gasteiger partial charge < -0.3 is 5.32 Å². The summed E-state index contributed by atoms with van der Waals surface area (Å²) in [5.74, 6) is 0. The van der Waals surface area contributed by atoms with E-state index in [-0.39, 0.29) is 0 Å². The molecule has 0 spiro atoms. The maximum atomic E-state index is 4.79. The summed E-state index contributed by atoms with van der Waals surface area (Å²) in [6.07, 6.45) is 7.31. The largest absolute Gasteiger partial charge is 0.312 e. The van der Waals surface area contributed by atoms with E-state index < -0.39 is 0 Å². The highest BCUT2D eigenvalue weighted by molar-refractivity contribution is 7.15. The fourth-order valence-corrected chi connectivity index (χ4v) is 3.47. The van der Waals surface area contributed by atoms with E-state index in [0.717, 1.165) is 10.6 Å². The third-order valence-corrected chi connectivity index (χ3v) is 4.39. The molecule has 3 rings (SSSR count). The van der Waals surface area contributed by atoms with Crippen molar-refractivity contribution in [2.75, 3.05) is 7.05 Å². The summed E-state index contributed by atoms with van der Waals surface area (Å²) >= 11 is 1.82. The molecular formula is C13H15N3S. The van der Waals surface area contributed by atoms with Crippen molar-refractivity contribution in [3.8, 4) is 10.6 Å². The van der Waals surface area contributed by atoms with Gasteiger partial charge in [-0.05, 0) is 38.4 Å². The van der Waals surface area contributed by atoms with Crippen molar-refractivity contribution in [2.45, 2.75) is 25.3 Å². The molecule has 1 unspecified atom stereocenters. The Morgan fingerprint density at radius 3 is 3.18 bits per heavy atom. The Hall–Kier alpha value is -1.26. The number of pyridine rings is 1. The Bertz CT molecular complexity index is 507. The molecule has 2 heterocycles. The molecular weight excluding hydrogens is 230 g/mol. The second-order valence-corrected chi connectivity index (χ2v) is 5.39. The number of nitrogens with zero attached hydrogens (tertiary/aromatic N) is 2. The Labute approximate surface area is 105 Å². The summed E-state index contributed by atoms with van der Waals surface area (Å²) < 4.78 is 0. The molecule has 0 amide bonds. The smallest absolute Gasteiger partial charge is 0.125 e. The zero-order valence-electron chi connectivity index (χ0n) is 9.81. The van der Waals surface area contributed by atoms with Crippen molar-refractivity contribution in [1.29, 1.82) is 0 Å². The lowest BCUT2D eigenvalue weighted by Crippen LogP contribution is -2.21. The molecule has 17 heavy (non-hydrogen) atoms. The standard InChI is InChI=1S/C13H15N3S/c1-14-10-5-2-6-11-12(10)16-13(17-11)9-4-3-7-15-8-9/h3-4,7-8,10,14H,2,5-6H2,1H3. The lowest BCUT2D eigenvalue weighted by Gasteiger charge is -2.19. The average Bonchev–Trinajstić information content (AvgIpc) is 2.83. The molecule has 0 saturated carbocycles. The summed E-state index contributed by atoms with van der Waals surface area (Å²) in [7, 11) is 2.02. The Morgan fingerprint density at radius 1 is 1.47 bits per heavy atom. The number of nitrogens with one attached hydrogen (secondary N) is 1. The molecule has 1 N–H and O–H groups in total. The van der Waals surface area contributed by atoms with Crippen LogP contribution in [0.25, 0.3) is 10.6 Å². The third-order valence-electron chi connectivity index (χ3n) is 3.21. The van der Waals surface area contributed by atoms with Crippen molar-refractivity contribution in [2.24, 2.45) is 0 Å². The van der Waals surface area contributed by atoms with Gasteiger partial charge in [0.15, 0.2) is 0 Å². The minimum Gasteiger partial charge on any atom is -0.312 e. The lowest BCUT2D eigenvalue weighted by atomic mass is 9.98. The Kier molecular flexibility index (Phi) is 2.91. The normalized spacial score (nSPS) is 19.0. The minimum atomic E-state index is 0.431. The van der Waals surface area contributed by atoms with E-state index in [0.29, 0.717) is 6.04 Å². The molecule has 2 aromatic rings. The summed E-state index contributed by atoms with van der Waals surface area (Å²) in [5, 5.41) is 4.46. The Balaban J connectivity index is 2.02. The molecule has 0 aromatic carbocycles. The molecule has 88 valence electrons. The third kappa shape index (κ3) is 1.98. The number of hydrogen-bond acceptors (Lipinski definition) is 4. The number of rotatable bonds is 2. The predicted molar refractivity (Wildman–Crippen MR) is 70.1 cm³/mol. The molecule has 1 aliphatic carbocycles. The number of aromatic nitrogens is 2. The van der Waals surface area contributed by atoms with Gasteiger partial charge in [-0.3, -0.25) is 4.98 Å². The van der Waals surface area contributed by atoms with Crippen molar-refractivity contribution in [3.05, 3.63) is 35.1 Å². The van der Waals surface area contributed by atoms with Gasteiger partial charge in [-0.25, -0.2) is 4.98 Å². The van der Waals surface area contributed by atoms with Crippen LogP contribution in [-0.4, -0.2) is 17.0 Å². The highest BCUT2D eigenvalue weighted by atomic mass is 32.1. The molecule has 1 aliphatic rings. The van der Waals surface area contributed by atoms with Gasteiger partial charge in [0.25, 0.3) is 0 Å². The topological polar surface area (TPSA) is 37.8 Å². The van der Waals surface area contributed by atoms with E-state index in [2.05, 4.69) is 16.4 Å². The monoisotopic (exact) mass is 245 g/mol. The highest BCUT2D eigenvalue weighted by Crippen LogP contribution is 2.36. The Morgan fingerprint density at radius 2 is 2.41 bits per heavy atom. The van der Waals surface area contributed by atoms with Crippen LogP contribution in [0.5, 0.6) is 0 Å². The molecule has 4 heteroatoms. The molecule has 0 fully saturated rings. The number of fused-ring (bicyclic) bond motifs is 1. The average molecular weight is 245 g/mol. The van der Waals surface area contributed by atoms with Crippen LogP contribution < -0.4 is 5.32 Å². The molecule has 0 radical (unpaired) electrons. The van der Waals surface area contributed by atoms with Gasteiger partial charge in [-0.2, -0.15) is 0 Å². The highest BCUT2D eigenvalue weighted by Gasteiger charge is 2.23. The minimum absolute atomic E-state index is 0.431. The van der Waals surface area contributed by atoms with Crippen molar-refractivity contribution in [3.63, 3.8) is 0 Å². The van der Waals surface area contributed by atoms with Gasteiger partial charge in [0, 0.05) is 22.8 Å². The van der Waals surface area contributed by atoms with Gasteiger partial charge in [-0.15, -0.1) is 11.3 Å². The molecule has 2 aromatic heterocycles. The van der Waals surface area contributed by atoms with E-state index in [9.17, 15) is 0 Å². The first-order chi connectivity index (χ1) is 8.38. The van der Waals surface area contributed by atoms with E-state index in [1.54, 1.807) is 6.20 Å². The van der Waals surface area contributed by atoms with Gasteiger partial charge in [0.2, 0.25) is 0 Å². The fourth-order valence-electron chi connectivity index (χ4n) is 2.31. The summed E-state index contributed by atoms with van der Waals surface area (Å²) in [6, 6.07) is 4.47. The van der Waals surface area contributed by atoms with Crippen LogP contribution in [-0.2, 0) is 6.42 Å². The summed E-state index contributed by atoms with van der Waals surface area (Å²) in [5.41, 5.74) is 2.38. The van der Waals surface area contributed by atoms with Gasteiger partial charge >= 0.3 is 0 Å². The van der Waals surface area contributed by atoms with Crippen molar-refractivity contribution >= 4 is 11.3 Å². The maximum Gasteiger partial charge on any atom is 0.125 e. The molecule has 0 aliphatic heterocycles. The molecule has 0 bridgehead atoms. The van der Waals surface area contributed by atoms with Gasteiger partial charge in [-0.1, -0.05) is 0 Å². The van der Waals surface area contributed by atoms with Crippen LogP contribution in [0.1, 0.15) is 29.5 Å². The first-order valence-corrected chi connectivity index (χ1v) is 6.77. The van der Waals surface area contributed by atoms with Crippen LogP contribution >= 0.6 is 11.3 Å². The fraction of sp³-hybridized carbons (Fsp3) is 0.385. The van der Waals surface area contributed by atoms with Crippen LogP contribution in [0.3, 0.4) is 0 Å². The summed E-state index contributed by atoms with van der Waals surface area (Å²) in [4.78, 5) is 10.4. The first-order valence-electron chi connectivity index (χ1n) is 5.96. The zero-order chi connectivity index (χ0) is 11.7. The second kappa shape index (κ2) is 4.55.